The third-order valence-electron chi connectivity index (χ3n) is 9.57. The number of hydrogen-bond donors (Lipinski definition) is 3. The van der Waals surface area contributed by atoms with Gasteiger partial charge in [-0.3, -0.25) is 15.1 Å². The Morgan fingerprint density at radius 3 is 2.51 bits per heavy atom. The molecular formula is C40H46BrN9O5. The molecule has 55 heavy (non-hydrogen) atoms. The number of carbonyl (C=O) groups excluding carboxylic acids is 3. The lowest BCUT2D eigenvalue weighted by Crippen LogP contribution is -2.57. The molecule has 2 aromatic carbocycles. The van der Waals surface area contributed by atoms with E-state index in [0.717, 1.165) is 22.9 Å². The van der Waals surface area contributed by atoms with Gasteiger partial charge in [-0.1, -0.05) is 98.6 Å². The first kappa shape index (κ1) is 39.1. The summed E-state index contributed by atoms with van der Waals surface area (Å²) >= 11 is 3.48. The number of nitrogens with zero attached hydrogens (tertiary/aromatic N) is 6. The number of pyridine rings is 2. The van der Waals surface area contributed by atoms with Crippen molar-refractivity contribution in [2.24, 2.45) is 11.3 Å². The summed E-state index contributed by atoms with van der Waals surface area (Å²) in [6.07, 6.45) is 6.74. The molecule has 1 unspecified atom stereocenters. The summed E-state index contributed by atoms with van der Waals surface area (Å²) in [6.45, 7) is 11.3. The number of ether oxygens (including phenoxy) is 2. The van der Waals surface area contributed by atoms with Crippen molar-refractivity contribution >= 4 is 62.0 Å². The fourth-order valence-electron chi connectivity index (χ4n) is 6.89. The molecule has 0 spiro atoms. The lowest BCUT2D eigenvalue weighted by molar-refractivity contribution is 0.0217. The van der Waals surface area contributed by atoms with E-state index in [0.29, 0.717) is 35.4 Å². The van der Waals surface area contributed by atoms with Crippen LogP contribution in [0.5, 0.6) is 0 Å². The van der Waals surface area contributed by atoms with Crippen LogP contribution in [0.2, 0.25) is 0 Å². The van der Waals surface area contributed by atoms with Gasteiger partial charge in [0.1, 0.15) is 12.7 Å². The number of anilines is 3. The van der Waals surface area contributed by atoms with Crippen LogP contribution in [-0.4, -0.2) is 68.3 Å². The Kier molecular flexibility index (Phi) is 12.3. The first-order valence-electron chi connectivity index (χ1n) is 18.3. The van der Waals surface area contributed by atoms with E-state index in [-0.39, 0.29) is 41.5 Å². The number of carbonyl (C=O) groups is 3. The Morgan fingerprint density at radius 1 is 0.982 bits per heavy atom. The molecule has 5 aromatic rings. The van der Waals surface area contributed by atoms with E-state index in [1.807, 2.05) is 48.5 Å². The maximum absolute atomic E-state index is 14.2. The van der Waals surface area contributed by atoms with Crippen LogP contribution in [0, 0.1) is 11.3 Å². The standard InChI is InChI=1S/C40H46BrN9O5/c1-6-10-34(40(3,4)5)55-39(53)47-32-23-49(22-25(2)36(32)50-18-17-43-48-50)33-15-16-42-21-31(33)45-37(51)35-30(19-27-13-14-28(41)20-29(27)44-35)46-38(52)54-24-26-11-8-7-9-12-26/h7-9,11-21,25,32,34,36H,6,10,22-24H2,1-5H3,(H,45,51)(H,46,52)(H,47,53)/t25-,32+,34?,36-/m0/s1. The average molecular weight is 813 g/mol. The smallest absolute Gasteiger partial charge is 0.412 e. The number of alkyl carbamates (subject to hydrolysis) is 1. The van der Waals surface area contributed by atoms with Gasteiger partial charge in [-0.25, -0.2) is 19.3 Å². The van der Waals surface area contributed by atoms with Gasteiger partial charge in [-0.15, -0.1) is 5.10 Å². The quantitative estimate of drug-likeness (QED) is 0.119. The SMILES string of the molecule is CCCC(OC(=O)N[C@@H]1CN(c2ccncc2NC(=O)c2nc3cc(Br)ccc3cc2NC(=O)OCc2ccccc2)C[C@H](C)[C@@H]1n1ccnn1)C(C)(C)C. The predicted molar refractivity (Wildman–Crippen MR) is 214 cm³/mol. The minimum atomic E-state index is -0.733. The first-order chi connectivity index (χ1) is 26.4. The molecule has 1 aliphatic heterocycles. The van der Waals surface area contributed by atoms with Gasteiger partial charge in [0.25, 0.3) is 5.91 Å². The normalized spacial score (nSPS) is 17.6. The fraction of sp³-hybridized carbons (Fsp3) is 0.375. The summed E-state index contributed by atoms with van der Waals surface area (Å²) in [7, 11) is 0. The van der Waals surface area contributed by atoms with Gasteiger partial charge < -0.3 is 25.0 Å². The zero-order chi connectivity index (χ0) is 39.1. The van der Waals surface area contributed by atoms with E-state index in [1.54, 1.807) is 41.6 Å². The maximum atomic E-state index is 14.2. The number of halogens is 1. The zero-order valence-electron chi connectivity index (χ0n) is 31.5. The van der Waals surface area contributed by atoms with Crippen molar-refractivity contribution in [1.82, 2.24) is 30.3 Å². The Bertz CT molecular complexity index is 2110. The Morgan fingerprint density at radius 2 is 1.78 bits per heavy atom. The third-order valence-corrected chi connectivity index (χ3v) is 10.1. The molecule has 15 heteroatoms. The minimum absolute atomic E-state index is 0.0157. The second-order valence-corrected chi connectivity index (χ2v) is 15.7. The van der Waals surface area contributed by atoms with Gasteiger partial charge in [-0.2, -0.15) is 0 Å². The topological polar surface area (TPSA) is 165 Å². The van der Waals surface area contributed by atoms with Gasteiger partial charge >= 0.3 is 12.2 Å². The van der Waals surface area contributed by atoms with Gasteiger partial charge in [-0.05, 0) is 47.6 Å². The van der Waals surface area contributed by atoms with Crippen LogP contribution >= 0.6 is 15.9 Å². The van der Waals surface area contributed by atoms with Crippen molar-refractivity contribution in [1.29, 1.82) is 0 Å². The highest BCUT2D eigenvalue weighted by Gasteiger charge is 2.39. The number of amides is 3. The van der Waals surface area contributed by atoms with E-state index < -0.39 is 24.1 Å². The molecule has 4 atom stereocenters. The summed E-state index contributed by atoms with van der Waals surface area (Å²) in [4.78, 5) is 51.7. The van der Waals surface area contributed by atoms with Crippen LogP contribution < -0.4 is 20.9 Å². The zero-order valence-corrected chi connectivity index (χ0v) is 33.1. The highest BCUT2D eigenvalue weighted by Crippen LogP contribution is 2.35. The van der Waals surface area contributed by atoms with Crippen LogP contribution in [0.1, 0.15) is 69.6 Å². The molecule has 3 aromatic heterocycles. The van der Waals surface area contributed by atoms with Crippen LogP contribution in [-0.2, 0) is 16.1 Å². The Hall–Kier alpha value is -5.57. The number of nitrogens with one attached hydrogen (secondary N) is 3. The molecule has 0 saturated carbocycles. The molecule has 6 rings (SSSR count). The van der Waals surface area contributed by atoms with Gasteiger partial charge in [0.05, 0.1) is 47.1 Å². The number of aromatic nitrogens is 5. The van der Waals surface area contributed by atoms with Crippen molar-refractivity contribution in [2.75, 3.05) is 28.6 Å². The molecule has 1 fully saturated rings. The van der Waals surface area contributed by atoms with Gasteiger partial charge in [0.15, 0.2) is 5.69 Å². The summed E-state index contributed by atoms with van der Waals surface area (Å²) in [5.41, 5.74) is 2.40. The molecule has 3 amide bonds. The molecular weight excluding hydrogens is 766 g/mol. The highest BCUT2D eigenvalue weighted by molar-refractivity contribution is 9.10. The highest BCUT2D eigenvalue weighted by atomic mass is 79.9. The van der Waals surface area contributed by atoms with Crippen LogP contribution in [0.4, 0.5) is 26.7 Å². The molecule has 1 aliphatic rings. The molecule has 288 valence electrons. The molecule has 4 heterocycles. The number of hydrogen-bond acceptors (Lipinski definition) is 10. The number of rotatable bonds is 11. The maximum Gasteiger partial charge on any atom is 0.412 e. The lowest BCUT2D eigenvalue weighted by Gasteiger charge is -2.44. The first-order valence-corrected chi connectivity index (χ1v) is 19.1. The minimum Gasteiger partial charge on any atom is -0.446 e. The number of benzene rings is 2. The van der Waals surface area contributed by atoms with E-state index in [9.17, 15) is 14.4 Å². The number of piperidine rings is 1. The molecule has 14 nitrogen and oxygen atoms in total. The van der Waals surface area contributed by atoms with E-state index in [4.69, 9.17) is 9.47 Å². The fourth-order valence-corrected chi connectivity index (χ4v) is 7.23. The Balaban J connectivity index is 1.25. The summed E-state index contributed by atoms with van der Waals surface area (Å²) in [5, 5.41) is 17.9. The molecule has 3 N–H and O–H groups in total. The van der Waals surface area contributed by atoms with Gasteiger partial charge in [0, 0.05) is 35.3 Å². The molecule has 0 bridgehead atoms. The van der Waals surface area contributed by atoms with Crippen molar-refractivity contribution in [3.05, 3.63) is 101 Å². The van der Waals surface area contributed by atoms with Crippen LogP contribution in [0.15, 0.2) is 89.9 Å². The molecule has 0 radical (unpaired) electrons. The van der Waals surface area contributed by atoms with E-state index >= 15 is 0 Å². The van der Waals surface area contributed by atoms with Crippen molar-refractivity contribution in [3.8, 4) is 0 Å². The molecule has 1 saturated heterocycles. The second-order valence-electron chi connectivity index (χ2n) is 14.8. The second kappa shape index (κ2) is 17.3. The van der Waals surface area contributed by atoms with E-state index in [1.165, 1.54) is 0 Å². The summed E-state index contributed by atoms with van der Waals surface area (Å²) in [6, 6.07) is 17.6. The van der Waals surface area contributed by atoms with Gasteiger partial charge in [0.2, 0.25) is 0 Å². The lowest BCUT2D eigenvalue weighted by atomic mass is 9.86. The average Bonchev–Trinajstić information content (AvgIpc) is 3.68. The predicted octanol–water partition coefficient (Wildman–Crippen LogP) is 7.99. The number of fused-ring (bicyclic) bond motifs is 1. The summed E-state index contributed by atoms with van der Waals surface area (Å²) in [5.74, 6) is -0.591. The third kappa shape index (κ3) is 9.76. The van der Waals surface area contributed by atoms with Crippen molar-refractivity contribution < 1.29 is 23.9 Å². The van der Waals surface area contributed by atoms with Crippen LogP contribution in [0.25, 0.3) is 10.9 Å². The molecule has 0 aliphatic carbocycles. The van der Waals surface area contributed by atoms with Crippen molar-refractivity contribution in [3.63, 3.8) is 0 Å². The monoisotopic (exact) mass is 811 g/mol. The van der Waals surface area contributed by atoms with Crippen molar-refractivity contribution in [2.45, 2.75) is 72.3 Å². The largest absolute Gasteiger partial charge is 0.446 e. The Labute approximate surface area is 328 Å². The van der Waals surface area contributed by atoms with Crippen LogP contribution in [0.3, 0.4) is 0 Å². The van der Waals surface area contributed by atoms with E-state index in [2.05, 4.69) is 91.7 Å². The summed E-state index contributed by atoms with van der Waals surface area (Å²) < 4.78 is 14.0.